The molecule has 174 valence electrons. The van der Waals surface area contributed by atoms with Crippen molar-refractivity contribution < 1.29 is 14.2 Å². The van der Waals surface area contributed by atoms with E-state index in [0.29, 0.717) is 19.2 Å². The van der Waals surface area contributed by atoms with Gasteiger partial charge in [0.05, 0.1) is 27.4 Å². The molecule has 2 aromatic carbocycles. The fraction of sp³-hybridized carbons (Fsp3) is 0.480. The Kier molecular flexibility index (Phi) is 9.04. The van der Waals surface area contributed by atoms with E-state index in [0.717, 1.165) is 55.8 Å². The van der Waals surface area contributed by atoms with Crippen LogP contribution in [0.3, 0.4) is 0 Å². The number of hydrogen-bond donors (Lipinski definition) is 2. The summed E-state index contributed by atoms with van der Waals surface area (Å²) in [5.74, 6) is 2.46. The summed E-state index contributed by atoms with van der Waals surface area (Å²) in [7, 11) is 3.36. The second kappa shape index (κ2) is 12.2. The van der Waals surface area contributed by atoms with Crippen molar-refractivity contribution in [2.75, 3.05) is 45.4 Å². The molecule has 7 nitrogen and oxygen atoms in total. The highest BCUT2D eigenvalue weighted by molar-refractivity contribution is 5.80. The van der Waals surface area contributed by atoms with Crippen LogP contribution in [0.4, 0.5) is 5.69 Å². The lowest BCUT2D eigenvalue weighted by Crippen LogP contribution is -2.44. The summed E-state index contributed by atoms with van der Waals surface area (Å²) in [5, 5.41) is 6.97. The monoisotopic (exact) mass is 440 g/mol. The Morgan fingerprint density at radius 2 is 1.72 bits per heavy atom. The number of nitrogens with zero attached hydrogens (tertiary/aromatic N) is 2. The smallest absolute Gasteiger partial charge is 0.191 e. The second-order valence-corrected chi connectivity index (χ2v) is 7.80. The molecular formula is C25H36N4O3. The molecule has 0 aliphatic carbocycles. The molecule has 1 saturated heterocycles. The maximum atomic E-state index is 5.46. The number of nitrogens with one attached hydrogen (secondary N) is 2. The van der Waals surface area contributed by atoms with Gasteiger partial charge in [-0.05, 0) is 31.4 Å². The van der Waals surface area contributed by atoms with Crippen molar-refractivity contribution in [2.24, 2.45) is 4.99 Å². The van der Waals surface area contributed by atoms with Gasteiger partial charge >= 0.3 is 0 Å². The predicted octanol–water partition coefficient (Wildman–Crippen LogP) is 3.57. The van der Waals surface area contributed by atoms with E-state index in [-0.39, 0.29) is 0 Å². The molecule has 0 radical (unpaired) electrons. The largest absolute Gasteiger partial charge is 0.497 e. The van der Waals surface area contributed by atoms with E-state index in [9.17, 15) is 0 Å². The number of hydrogen-bond acceptors (Lipinski definition) is 5. The van der Waals surface area contributed by atoms with E-state index in [2.05, 4.69) is 58.9 Å². The van der Waals surface area contributed by atoms with Crippen LogP contribution in [-0.4, -0.2) is 52.5 Å². The van der Waals surface area contributed by atoms with Crippen LogP contribution >= 0.6 is 0 Å². The highest BCUT2D eigenvalue weighted by atomic mass is 16.5. The Hall–Kier alpha value is -2.93. The second-order valence-electron chi connectivity index (χ2n) is 7.80. The van der Waals surface area contributed by atoms with Gasteiger partial charge in [-0.3, -0.25) is 0 Å². The lowest BCUT2D eigenvalue weighted by Gasteiger charge is -2.21. The maximum absolute atomic E-state index is 5.46. The van der Waals surface area contributed by atoms with Gasteiger partial charge in [-0.1, -0.05) is 24.3 Å². The first-order valence-electron chi connectivity index (χ1n) is 11.3. The third-order valence-corrected chi connectivity index (χ3v) is 5.49. The van der Waals surface area contributed by atoms with E-state index in [1.54, 1.807) is 14.2 Å². The first-order chi connectivity index (χ1) is 15.6. The molecule has 32 heavy (non-hydrogen) atoms. The average Bonchev–Trinajstić information content (AvgIpc) is 3.30. The molecule has 3 rings (SSSR count). The Morgan fingerprint density at radius 3 is 2.34 bits per heavy atom. The Bertz CT molecular complexity index is 848. The van der Waals surface area contributed by atoms with Gasteiger partial charge in [0.25, 0.3) is 0 Å². The maximum Gasteiger partial charge on any atom is 0.191 e. The quantitative estimate of drug-likeness (QED) is 0.435. The van der Waals surface area contributed by atoms with E-state index in [4.69, 9.17) is 19.2 Å². The van der Waals surface area contributed by atoms with Crippen LogP contribution in [0.2, 0.25) is 0 Å². The number of ether oxygens (including phenoxy) is 3. The zero-order valence-corrected chi connectivity index (χ0v) is 19.7. The van der Waals surface area contributed by atoms with Crippen molar-refractivity contribution in [3.63, 3.8) is 0 Å². The average molecular weight is 441 g/mol. The summed E-state index contributed by atoms with van der Waals surface area (Å²) in [6, 6.07) is 14.8. The third kappa shape index (κ3) is 6.79. The van der Waals surface area contributed by atoms with Gasteiger partial charge < -0.3 is 29.7 Å². The van der Waals surface area contributed by atoms with Crippen LogP contribution < -0.4 is 25.0 Å². The van der Waals surface area contributed by atoms with Crippen molar-refractivity contribution in [3.05, 3.63) is 53.6 Å². The summed E-state index contributed by atoms with van der Waals surface area (Å²) < 4.78 is 16.3. The lowest BCUT2D eigenvalue weighted by atomic mass is 10.1. The molecule has 0 amide bonds. The van der Waals surface area contributed by atoms with Crippen LogP contribution in [-0.2, 0) is 17.9 Å². The van der Waals surface area contributed by atoms with Gasteiger partial charge in [-0.25, -0.2) is 4.99 Å². The summed E-state index contributed by atoms with van der Waals surface area (Å²) in [6.45, 7) is 8.80. The summed E-state index contributed by atoms with van der Waals surface area (Å²) in [6.07, 6.45) is 1.04. The molecule has 2 N–H and O–H groups in total. The Balaban J connectivity index is 1.59. The number of guanidine groups is 1. The zero-order valence-electron chi connectivity index (χ0n) is 19.7. The summed E-state index contributed by atoms with van der Waals surface area (Å²) in [4.78, 5) is 7.15. The van der Waals surface area contributed by atoms with Crippen LogP contribution in [0.25, 0.3) is 0 Å². The van der Waals surface area contributed by atoms with Crippen molar-refractivity contribution in [2.45, 2.75) is 39.5 Å². The van der Waals surface area contributed by atoms with Crippen LogP contribution in [0.15, 0.2) is 47.5 Å². The molecule has 2 aromatic rings. The van der Waals surface area contributed by atoms with E-state index in [1.807, 2.05) is 13.0 Å². The molecule has 1 atom stereocenters. The fourth-order valence-corrected chi connectivity index (χ4v) is 3.73. The number of methoxy groups -OCH3 is 2. The summed E-state index contributed by atoms with van der Waals surface area (Å²) >= 11 is 0. The summed E-state index contributed by atoms with van der Waals surface area (Å²) in [5.41, 5.74) is 3.48. The number of anilines is 1. The van der Waals surface area contributed by atoms with Gasteiger partial charge in [0.2, 0.25) is 0 Å². The van der Waals surface area contributed by atoms with E-state index in [1.165, 1.54) is 11.1 Å². The van der Waals surface area contributed by atoms with Gasteiger partial charge in [-0.2, -0.15) is 0 Å². The van der Waals surface area contributed by atoms with E-state index >= 15 is 0 Å². The van der Waals surface area contributed by atoms with Crippen LogP contribution in [0.1, 0.15) is 31.4 Å². The SMILES string of the molecule is CCNC(=NCc1ccc(COCC)cc1)NC1CCN(c2cc(OC)cc(OC)c2)C1. The minimum absolute atomic E-state index is 0.318. The minimum atomic E-state index is 0.318. The highest BCUT2D eigenvalue weighted by Gasteiger charge is 2.24. The van der Waals surface area contributed by atoms with Crippen molar-refractivity contribution in [1.29, 1.82) is 0 Å². The zero-order chi connectivity index (χ0) is 22.8. The van der Waals surface area contributed by atoms with E-state index < -0.39 is 0 Å². The van der Waals surface area contributed by atoms with Crippen LogP contribution in [0.5, 0.6) is 11.5 Å². The minimum Gasteiger partial charge on any atom is -0.497 e. The number of rotatable bonds is 10. The number of benzene rings is 2. The molecule has 1 aliphatic rings. The molecule has 1 heterocycles. The van der Waals surface area contributed by atoms with Crippen molar-refractivity contribution in [3.8, 4) is 11.5 Å². The fourth-order valence-electron chi connectivity index (χ4n) is 3.73. The predicted molar refractivity (Wildman–Crippen MR) is 130 cm³/mol. The first-order valence-corrected chi connectivity index (χ1v) is 11.3. The van der Waals surface area contributed by atoms with Crippen LogP contribution in [0, 0.1) is 0 Å². The molecule has 0 bridgehead atoms. The van der Waals surface area contributed by atoms with Gasteiger partial charge in [-0.15, -0.1) is 0 Å². The molecule has 1 unspecified atom stereocenters. The van der Waals surface area contributed by atoms with Crippen molar-refractivity contribution in [1.82, 2.24) is 10.6 Å². The highest BCUT2D eigenvalue weighted by Crippen LogP contribution is 2.30. The first kappa shape index (κ1) is 23.7. The van der Waals surface area contributed by atoms with Gasteiger partial charge in [0.15, 0.2) is 5.96 Å². The standard InChI is InChI=1S/C25H36N4O3/c1-5-26-25(27-16-19-7-9-20(10-8-19)18-32-6-2)28-21-11-12-29(17-21)22-13-23(30-3)15-24(14-22)31-4/h7-10,13-15,21H,5-6,11-12,16-18H2,1-4H3,(H2,26,27,28). The Labute approximate surface area is 191 Å². The molecule has 0 spiro atoms. The normalized spacial score (nSPS) is 16.2. The molecule has 7 heteroatoms. The molecule has 1 aliphatic heterocycles. The van der Waals surface area contributed by atoms with Gasteiger partial charge in [0.1, 0.15) is 11.5 Å². The molecular weight excluding hydrogens is 404 g/mol. The number of aliphatic imine (C=N–C) groups is 1. The molecule has 0 aromatic heterocycles. The molecule has 0 saturated carbocycles. The third-order valence-electron chi connectivity index (χ3n) is 5.49. The Morgan fingerprint density at radius 1 is 1.03 bits per heavy atom. The topological polar surface area (TPSA) is 67.4 Å². The van der Waals surface area contributed by atoms with Crippen molar-refractivity contribution >= 4 is 11.6 Å². The lowest BCUT2D eigenvalue weighted by molar-refractivity contribution is 0.134. The molecule has 1 fully saturated rings. The van der Waals surface area contributed by atoms with Gasteiger partial charge in [0, 0.05) is 56.2 Å².